The Hall–Kier alpha value is -1.92. The lowest BCUT2D eigenvalue weighted by Gasteiger charge is -2.36. The number of hydrogen-bond donors (Lipinski definition) is 2. The molecule has 2 N–H and O–H groups in total. The summed E-state index contributed by atoms with van der Waals surface area (Å²) in [5, 5.41) is 21.4. The van der Waals surface area contributed by atoms with Crippen LogP contribution in [0.5, 0.6) is 0 Å². The molecule has 0 spiro atoms. The van der Waals surface area contributed by atoms with Crippen LogP contribution in [0.2, 0.25) is 5.02 Å². The first-order valence-electron chi connectivity index (χ1n) is 6.75. The second kappa shape index (κ2) is 5.46. The molecule has 2 aromatic rings. The Morgan fingerprint density at radius 3 is 2.95 bits per heavy atom. The number of rotatable bonds is 4. The van der Waals surface area contributed by atoms with E-state index < -0.39 is 5.60 Å². The number of halogens is 1. The molecule has 0 unspecified atom stereocenters. The van der Waals surface area contributed by atoms with Crippen molar-refractivity contribution < 1.29 is 9.90 Å². The molecule has 0 bridgehead atoms. The van der Waals surface area contributed by atoms with E-state index in [0.717, 1.165) is 19.3 Å². The van der Waals surface area contributed by atoms with E-state index >= 15 is 0 Å². The molecule has 1 amide bonds. The van der Waals surface area contributed by atoms with Crippen LogP contribution in [0.1, 0.15) is 29.8 Å². The molecule has 1 heterocycles. The monoisotopic (exact) mass is 306 g/mol. The summed E-state index contributed by atoms with van der Waals surface area (Å²) in [6.07, 6.45) is 3.84. The molecule has 0 radical (unpaired) electrons. The molecule has 1 aromatic carbocycles. The average molecular weight is 307 g/mol. The SMILES string of the molecule is O=C(NCC1(O)CCC1)c1cnn(-c2cccc(Cl)c2)n1. The number of carbonyl (C=O) groups is 1. The van der Waals surface area contributed by atoms with Gasteiger partial charge in [0.1, 0.15) is 0 Å². The lowest BCUT2D eigenvalue weighted by Crippen LogP contribution is -2.47. The molecule has 110 valence electrons. The summed E-state index contributed by atoms with van der Waals surface area (Å²) >= 11 is 5.91. The van der Waals surface area contributed by atoms with Crippen LogP contribution in [-0.4, -0.2) is 38.2 Å². The number of aromatic nitrogens is 3. The minimum absolute atomic E-state index is 0.206. The van der Waals surface area contributed by atoms with Crippen molar-refractivity contribution in [3.05, 3.63) is 41.2 Å². The van der Waals surface area contributed by atoms with Crippen molar-refractivity contribution in [1.82, 2.24) is 20.3 Å². The van der Waals surface area contributed by atoms with Crippen molar-refractivity contribution in [2.24, 2.45) is 0 Å². The topological polar surface area (TPSA) is 80.0 Å². The molecule has 0 aliphatic heterocycles. The zero-order valence-corrected chi connectivity index (χ0v) is 12.0. The Balaban J connectivity index is 1.68. The van der Waals surface area contributed by atoms with Gasteiger partial charge in [-0.15, -0.1) is 5.10 Å². The van der Waals surface area contributed by atoms with E-state index in [0.29, 0.717) is 10.7 Å². The highest BCUT2D eigenvalue weighted by Crippen LogP contribution is 2.30. The molecule has 7 heteroatoms. The van der Waals surface area contributed by atoms with Crippen molar-refractivity contribution >= 4 is 17.5 Å². The first-order valence-corrected chi connectivity index (χ1v) is 7.12. The van der Waals surface area contributed by atoms with Crippen molar-refractivity contribution in [3.63, 3.8) is 0 Å². The number of nitrogens with one attached hydrogen (secondary N) is 1. The minimum atomic E-state index is -0.751. The summed E-state index contributed by atoms with van der Waals surface area (Å²) < 4.78 is 0. The molecular formula is C14H15ClN4O2. The molecule has 3 rings (SSSR count). The number of aliphatic hydroxyl groups is 1. The molecular weight excluding hydrogens is 292 g/mol. The molecule has 1 saturated carbocycles. The quantitative estimate of drug-likeness (QED) is 0.898. The zero-order valence-electron chi connectivity index (χ0n) is 11.3. The fraction of sp³-hybridized carbons (Fsp3) is 0.357. The third-order valence-electron chi connectivity index (χ3n) is 3.63. The van der Waals surface area contributed by atoms with Crippen LogP contribution in [0.25, 0.3) is 5.69 Å². The summed E-state index contributed by atoms with van der Waals surface area (Å²) in [7, 11) is 0. The number of hydrogen-bond acceptors (Lipinski definition) is 4. The van der Waals surface area contributed by atoms with E-state index in [1.807, 2.05) is 0 Å². The fourth-order valence-corrected chi connectivity index (χ4v) is 2.37. The van der Waals surface area contributed by atoms with Crippen molar-refractivity contribution in [1.29, 1.82) is 0 Å². The molecule has 21 heavy (non-hydrogen) atoms. The van der Waals surface area contributed by atoms with Crippen molar-refractivity contribution in [2.75, 3.05) is 6.54 Å². The van der Waals surface area contributed by atoms with Gasteiger partial charge < -0.3 is 10.4 Å². The Morgan fingerprint density at radius 2 is 2.29 bits per heavy atom. The van der Waals surface area contributed by atoms with E-state index in [1.54, 1.807) is 24.3 Å². The normalized spacial score (nSPS) is 16.3. The summed E-state index contributed by atoms with van der Waals surface area (Å²) in [6, 6.07) is 7.04. The van der Waals surface area contributed by atoms with Gasteiger partial charge in [0.25, 0.3) is 5.91 Å². The predicted octanol–water partition coefficient (Wildman–Crippen LogP) is 1.57. The Morgan fingerprint density at radius 1 is 1.48 bits per heavy atom. The summed E-state index contributed by atoms with van der Waals surface area (Å²) in [4.78, 5) is 13.3. The number of nitrogens with zero attached hydrogens (tertiary/aromatic N) is 3. The van der Waals surface area contributed by atoms with Gasteiger partial charge in [0.05, 0.1) is 17.5 Å². The number of carbonyl (C=O) groups excluding carboxylic acids is 1. The van der Waals surface area contributed by atoms with Gasteiger partial charge in [0.2, 0.25) is 0 Å². The van der Waals surface area contributed by atoms with Gasteiger partial charge in [0.15, 0.2) is 5.69 Å². The highest BCUT2D eigenvalue weighted by molar-refractivity contribution is 6.30. The fourth-order valence-electron chi connectivity index (χ4n) is 2.19. The first kappa shape index (κ1) is 14.0. The van der Waals surface area contributed by atoms with Crippen LogP contribution in [-0.2, 0) is 0 Å². The van der Waals surface area contributed by atoms with Crippen LogP contribution in [0, 0.1) is 0 Å². The van der Waals surface area contributed by atoms with Gasteiger partial charge >= 0.3 is 0 Å². The molecule has 1 fully saturated rings. The standard InChI is InChI=1S/C14H15ClN4O2/c15-10-3-1-4-11(7-10)19-17-8-12(18-19)13(20)16-9-14(21)5-2-6-14/h1,3-4,7-8,21H,2,5-6,9H2,(H,16,20). The van der Waals surface area contributed by atoms with Crippen LogP contribution < -0.4 is 5.32 Å². The van der Waals surface area contributed by atoms with Gasteiger partial charge in [-0.05, 0) is 37.5 Å². The third-order valence-corrected chi connectivity index (χ3v) is 3.86. The van der Waals surface area contributed by atoms with E-state index in [-0.39, 0.29) is 18.1 Å². The smallest absolute Gasteiger partial charge is 0.273 e. The molecule has 0 saturated heterocycles. The van der Waals surface area contributed by atoms with Crippen LogP contribution in [0.15, 0.2) is 30.5 Å². The second-order valence-electron chi connectivity index (χ2n) is 5.26. The predicted molar refractivity (Wildman–Crippen MR) is 77.5 cm³/mol. The van der Waals surface area contributed by atoms with Gasteiger partial charge in [-0.25, -0.2) is 0 Å². The maximum absolute atomic E-state index is 12.0. The lowest BCUT2D eigenvalue weighted by molar-refractivity contribution is -0.0300. The Labute approximate surface area is 126 Å². The maximum atomic E-state index is 12.0. The highest BCUT2D eigenvalue weighted by Gasteiger charge is 2.34. The molecule has 0 atom stereocenters. The second-order valence-corrected chi connectivity index (χ2v) is 5.70. The first-order chi connectivity index (χ1) is 10.1. The van der Waals surface area contributed by atoms with E-state index in [2.05, 4.69) is 15.5 Å². The van der Waals surface area contributed by atoms with Crippen molar-refractivity contribution in [3.8, 4) is 5.69 Å². The Bertz CT molecular complexity index is 666. The summed E-state index contributed by atoms with van der Waals surface area (Å²) in [5.74, 6) is -0.344. The summed E-state index contributed by atoms with van der Waals surface area (Å²) in [6.45, 7) is 0.246. The summed E-state index contributed by atoms with van der Waals surface area (Å²) in [5.41, 5.74) is 0.135. The van der Waals surface area contributed by atoms with Gasteiger partial charge in [-0.2, -0.15) is 9.90 Å². The van der Waals surface area contributed by atoms with E-state index in [9.17, 15) is 9.90 Å². The van der Waals surface area contributed by atoms with E-state index in [4.69, 9.17) is 11.6 Å². The third kappa shape index (κ3) is 3.06. The molecule has 1 aliphatic rings. The molecule has 1 aliphatic carbocycles. The number of amides is 1. The van der Waals surface area contributed by atoms with Gasteiger partial charge in [-0.1, -0.05) is 17.7 Å². The van der Waals surface area contributed by atoms with Gasteiger partial charge in [-0.3, -0.25) is 4.79 Å². The number of benzene rings is 1. The highest BCUT2D eigenvalue weighted by atomic mass is 35.5. The maximum Gasteiger partial charge on any atom is 0.273 e. The molecule has 1 aromatic heterocycles. The lowest BCUT2D eigenvalue weighted by atomic mass is 9.80. The van der Waals surface area contributed by atoms with Crippen LogP contribution in [0.4, 0.5) is 0 Å². The zero-order chi connectivity index (χ0) is 14.9. The van der Waals surface area contributed by atoms with Crippen molar-refractivity contribution in [2.45, 2.75) is 24.9 Å². The van der Waals surface area contributed by atoms with Crippen LogP contribution >= 0.6 is 11.6 Å². The molecule has 6 nitrogen and oxygen atoms in total. The van der Waals surface area contributed by atoms with Crippen LogP contribution in [0.3, 0.4) is 0 Å². The van der Waals surface area contributed by atoms with Gasteiger partial charge in [0, 0.05) is 11.6 Å². The Kier molecular flexibility index (Phi) is 3.65. The minimum Gasteiger partial charge on any atom is -0.388 e. The van der Waals surface area contributed by atoms with E-state index in [1.165, 1.54) is 11.0 Å². The average Bonchev–Trinajstić information content (AvgIpc) is 2.92. The largest absolute Gasteiger partial charge is 0.388 e.